The van der Waals surface area contributed by atoms with E-state index in [0.717, 1.165) is 15.1 Å². The molecule has 1 unspecified atom stereocenters. The molecule has 1 atom stereocenters. The maximum Gasteiger partial charge on any atom is 0.0659 e. The van der Waals surface area contributed by atoms with Crippen LogP contribution in [0.15, 0.2) is 46.9 Å². The zero-order valence-electron chi connectivity index (χ0n) is 11.8. The van der Waals surface area contributed by atoms with Crippen LogP contribution in [0.3, 0.4) is 0 Å². The third-order valence-corrected chi connectivity index (χ3v) is 5.16. The lowest BCUT2D eigenvalue weighted by atomic mass is 9.86. The molecule has 0 bridgehead atoms. The summed E-state index contributed by atoms with van der Waals surface area (Å²) in [6, 6.07) is 14.6. The number of rotatable bonds is 2. The molecule has 3 heteroatoms. The third kappa shape index (κ3) is 3.66. The van der Waals surface area contributed by atoms with Crippen molar-refractivity contribution in [1.29, 1.82) is 0 Å². The van der Waals surface area contributed by atoms with Gasteiger partial charge in [0.1, 0.15) is 0 Å². The van der Waals surface area contributed by atoms with Crippen molar-refractivity contribution < 1.29 is 0 Å². The zero-order valence-corrected chi connectivity index (χ0v) is 15.7. The molecule has 0 aliphatic carbocycles. The van der Waals surface area contributed by atoms with Gasteiger partial charge in [-0.05, 0) is 40.3 Å². The first-order valence-electron chi connectivity index (χ1n) is 6.48. The van der Waals surface area contributed by atoms with Gasteiger partial charge in [0.05, 0.1) is 4.83 Å². The van der Waals surface area contributed by atoms with Gasteiger partial charge in [-0.25, -0.2) is 0 Å². The summed E-state index contributed by atoms with van der Waals surface area (Å²) in [5, 5.41) is 0.773. The maximum atomic E-state index is 6.29. The van der Waals surface area contributed by atoms with Gasteiger partial charge in [-0.1, -0.05) is 88.5 Å². The molecule has 2 aromatic rings. The summed E-state index contributed by atoms with van der Waals surface area (Å²) < 4.78 is 1.03. The highest BCUT2D eigenvalue weighted by Crippen LogP contribution is 2.37. The van der Waals surface area contributed by atoms with Crippen LogP contribution >= 0.6 is 43.5 Å². The van der Waals surface area contributed by atoms with Crippen LogP contribution < -0.4 is 0 Å². The molecule has 0 fully saturated rings. The van der Waals surface area contributed by atoms with Gasteiger partial charge in [-0.15, -0.1) is 0 Å². The number of hydrogen-bond donors (Lipinski definition) is 0. The fourth-order valence-electron chi connectivity index (χ4n) is 2.04. The Balaban J connectivity index is 2.34. The highest BCUT2D eigenvalue weighted by molar-refractivity contribution is 9.10. The average molecular weight is 417 g/mol. The van der Waals surface area contributed by atoms with Crippen LogP contribution in [0.2, 0.25) is 5.02 Å². The molecule has 0 aliphatic heterocycles. The standard InChI is InChI=1S/C17H17Br2Cl/c1-17(2,3)12-6-4-11(5-7-12)16(19)14-10-13(18)8-9-15(14)20/h4-10,16H,1-3H3. The molecule has 0 spiro atoms. The van der Waals surface area contributed by atoms with E-state index >= 15 is 0 Å². The normalized spacial score (nSPS) is 13.3. The quantitative estimate of drug-likeness (QED) is 0.468. The number of alkyl halides is 1. The molecule has 2 rings (SSSR count). The first kappa shape index (κ1) is 16.1. The second kappa shape index (κ2) is 6.21. The molecular formula is C17H17Br2Cl. The van der Waals surface area contributed by atoms with Gasteiger partial charge in [0.25, 0.3) is 0 Å². The minimum atomic E-state index is 0.0986. The highest BCUT2D eigenvalue weighted by Gasteiger charge is 2.17. The zero-order chi connectivity index (χ0) is 14.9. The lowest BCUT2D eigenvalue weighted by Crippen LogP contribution is -2.10. The summed E-state index contributed by atoms with van der Waals surface area (Å²) in [6.07, 6.45) is 0. The maximum absolute atomic E-state index is 6.29. The van der Waals surface area contributed by atoms with Crippen LogP contribution in [-0.2, 0) is 5.41 Å². The van der Waals surface area contributed by atoms with Gasteiger partial charge in [-0.2, -0.15) is 0 Å². The molecule has 0 aliphatic rings. The van der Waals surface area contributed by atoms with E-state index in [0.29, 0.717) is 0 Å². The van der Waals surface area contributed by atoms with Gasteiger partial charge < -0.3 is 0 Å². The van der Waals surface area contributed by atoms with Gasteiger partial charge in [0, 0.05) is 9.50 Å². The molecule has 0 N–H and O–H groups in total. The van der Waals surface area contributed by atoms with E-state index in [1.165, 1.54) is 11.1 Å². The first-order chi connectivity index (χ1) is 9.29. The monoisotopic (exact) mass is 414 g/mol. The van der Waals surface area contributed by atoms with Crippen LogP contribution in [0, 0.1) is 0 Å². The van der Waals surface area contributed by atoms with Crippen LogP contribution in [0.1, 0.15) is 42.3 Å². The van der Waals surface area contributed by atoms with E-state index in [9.17, 15) is 0 Å². The molecule has 106 valence electrons. The van der Waals surface area contributed by atoms with E-state index in [1.807, 2.05) is 12.1 Å². The fourth-order valence-corrected chi connectivity index (χ4v) is 3.46. The lowest BCUT2D eigenvalue weighted by Gasteiger charge is -2.20. The molecule has 0 nitrogen and oxygen atoms in total. The van der Waals surface area contributed by atoms with E-state index in [4.69, 9.17) is 11.6 Å². The van der Waals surface area contributed by atoms with Crippen molar-refractivity contribution in [2.24, 2.45) is 0 Å². The smallest absolute Gasteiger partial charge is 0.0659 e. The van der Waals surface area contributed by atoms with E-state index in [-0.39, 0.29) is 10.2 Å². The van der Waals surface area contributed by atoms with Crippen molar-refractivity contribution in [1.82, 2.24) is 0 Å². The van der Waals surface area contributed by atoms with Gasteiger partial charge >= 0.3 is 0 Å². The first-order valence-corrected chi connectivity index (χ1v) is 8.57. The van der Waals surface area contributed by atoms with Crippen LogP contribution in [-0.4, -0.2) is 0 Å². The van der Waals surface area contributed by atoms with Gasteiger partial charge in [0.15, 0.2) is 0 Å². The van der Waals surface area contributed by atoms with E-state index in [2.05, 4.69) is 83.0 Å². The summed E-state index contributed by atoms with van der Waals surface area (Å²) in [5.41, 5.74) is 3.79. The van der Waals surface area contributed by atoms with Crippen molar-refractivity contribution in [3.8, 4) is 0 Å². The molecule has 2 aromatic carbocycles. The molecule has 20 heavy (non-hydrogen) atoms. The van der Waals surface area contributed by atoms with Crippen molar-refractivity contribution in [2.75, 3.05) is 0 Å². The Bertz CT molecular complexity index is 597. The second-order valence-corrected chi connectivity index (χ2v) is 8.14. The number of hydrogen-bond acceptors (Lipinski definition) is 0. The second-order valence-electron chi connectivity index (χ2n) is 5.90. The summed E-state index contributed by atoms with van der Waals surface area (Å²) in [6.45, 7) is 6.66. The Morgan fingerprint density at radius 1 is 1.00 bits per heavy atom. The third-order valence-electron chi connectivity index (χ3n) is 3.30. The van der Waals surface area contributed by atoms with Gasteiger partial charge in [0.2, 0.25) is 0 Å². The minimum absolute atomic E-state index is 0.0986. The number of halogens is 3. The van der Waals surface area contributed by atoms with E-state index < -0.39 is 0 Å². The van der Waals surface area contributed by atoms with Crippen molar-refractivity contribution in [3.63, 3.8) is 0 Å². The van der Waals surface area contributed by atoms with Gasteiger partial charge in [-0.3, -0.25) is 0 Å². The van der Waals surface area contributed by atoms with Crippen molar-refractivity contribution in [2.45, 2.75) is 31.0 Å². The molecule has 0 heterocycles. The van der Waals surface area contributed by atoms with E-state index in [1.54, 1.807) is 0 Å². The van der Waals surface area contributed by atoms with Crippen molar-refractivity contribution >= 4 is 43.5 Å². The topological polar surface area (TPSA) is 0 Å². The highest BCUT2D eigenvalue weighted by atomic mass is 79.9. The predicted octanol–water partition coefficient (Wildman–Crippen LogP) is 6.88. The Morgan fingerprint density at radius 2 is 1.60 bits per heavy atom. The molecular weight excluding hydrogens is 399 g/mol. The summed E-state index contributed by atoms with van der Waals surface area (Å²) in [4.78, 5) is 0.0986. The summed E-state index contributed by atoms with van der Waals surface area (Å²) in [7, 11) is 0. The predicted molar refractivity (Wildman–Crippen MR) is 95.1 cm³/mol. The minimum Gasteiger partial charge on any atom is -0.0840 e. The summed E-state index contributed by atoms with van der Waals surface area (Å²) >= 11 is 13.5. The molecule has 0 aromatic heterocycles. The average Bonchev–Trinajstić information content (AvgIpc) is 2.40. The molecule has 0 saturated heterocycles. The van der Waals surface area contributed by atoms with Crippen LogP contribution in [0.4, 0.5) is 0 Å². The van der Waals surface area contributed by atoms with Crippen molar-refractivity contribution in [3.05, 3.63) is 68.7 Å². The molecule has 0 amide bonds. The Hall–Kier alpha value is -0.310. The Kier molecular flexibility index (Phi) is 4.99. The lowest BCUT2D eigenvalue weighted by molar-refractivity contribution is 0.590. The molecule has 0 radical (unpaired) electrons. The Morgan fingerprint density at radius 3 is 2.15 bits per heavy atom. The van der Waals surface area contributed by atoms with Crippen LogP contribution in [0.25, 0.3) is 0 Å². The number of benzene rings is 2. The molecule has 0 saturated carbocycles. The largest absolute Gasteiger partial charge is 0.0840 e. The van der Waals surface area contributed by atoms with Crippen LogP contribution in [0.5, 0.6) is 0 Å². The summed E-state index contributed by atoms with van der Waals surface area (Å²) in [5.74, 6) is 0. The SMILES string of the molecule is CC(C)(C)c1ccc(C(Br)c2cc(Br)ccc2Cl)cc1. The Labute approximate surface area is 142 Å². The fraction of sp³-hybridized carbons (Fsp3) is 0.294.